The highest BCUT2D eigenvalue weighted by atomic mass is 35.5. The molecule has 1 aliphatic carbocycles. The number of rotatable bonds is 2. The molecule has 0 spiro atoms. The molecule has 4 heteroatoms. The van der Waals surface area contributed by atoms with Gasteiger partial charge in [0.2, 0.25) is 0 Å². The van der Waals surface area contributed by atoms with Gasteiger partial charge < -0.3 is 5.11 Å². The van der Waals surface area contributed by atoms with Gasteiger partial charge in [0.05, 0.1) is 0 Å². The molecule has 2 bridgehead atoms. The summed E-state index contributed by atoms with van der Waals surface area (Å²) in [6, 6.07) is 15.1. The summed E-state index contributed by atoms with van der Waals surface area (Å²) in [5, 5.41) is 10.6. The molecule has 4 rings (SSSR count). The van der Waals surface area contributed by atoms with Crippen molar-refractivity contribution in [3.63, 3.8) is 0 Å². The molecule has 2 aromatic rings. The highest BCUT2D eigenvalue weighted by Crippen LogP contribution is 2.47. The molecule has 1 aliphatic heterocycles. The first kappa shape index (κ1) is 17.3. The standard InChI is InChI=1S/C22H22ClNO2/c1-24-9-8-22(16-5-3-7-18(25)12-16)13-20(24)19(21(26)14-22)11-15-4-2-6-17(23)10-15/h2-7,10-12,20,25H,8-9,13-14H2,1H3/b19-11+/t20-,22-/m1/s1. The number of likely N-dealkylation sites (tertiary alicyclic amines) is 1. The lowest BCUT2D eigenvalue weighted by Crippen LogP contribution is -2.53. The summed E-state index contributed by atoms with van der Waals surface area (Å²) in [4.78, 5) is 15.4. The second kappa shape index (κ2) is 6.57. The number of phenolic OH excluding ortho intramolecular Hbond substituents is 1. The minimum absolute atomic E-state index is 0.0892. The van der Waals surface area contributed by atoms with Gasteiger partial charge in [-0.15, -0.1) is 0 Å². The summed E-state index contributed by atoms with van der Waals surface area (Å²) >= 11 is 6.10. The number of carbonyl (C=O) groups is 1. The zero-order valence-corrected chi connectivity index (χ0v) is 15.5. The van der Waals surface area contributed by atoms with Crippen molar-refractivity contribution in [1.82, 2.24) is 4.90 Å². The summed E-state index contributed by atoms with van der Waals surface area (Å²) in [6.45, 7) is 0.931. The van der Waals surface area contributed by atoms with Gasteiger partial charge in [0.1, 0.15) is 5.75 Å². The third kappa shape index (κ3) is 3.06. The van der Waals surface area contributed by atoms with Crippen molar-refractivity contribution in [1.29, 1.82) is 0 Å². The monoisotopic (exact) mass is 367 g/mol. The van der Waals surface area contributed by atoms with Gasteiger partial charge >= 0.3 is 0 Å². The maximum Gasteiger partial charge on any atom is 0.161 e. The van der Waals surface area contributed by atoms with Crippen LogP contribution in [-0.2, 0) is 10.2 Å². The van der Waals surface area contributed by atoms with Gasteiger partial charge in [0.25, 0.3) is 0 Å². The maximum absolute atomic E-state index is 13.1. The van der Waals surface area contributed by atoms with Crippen LogP contribution >= 0.6 is 11.6 Å². The number of nitrogens with zero attached hydrogens (tertiary/aromatic N) is 1. The molecule has 1 saturated carbocycles. The molecule has 2 fully saturated rings. The predicted molar refractivity (Wildman–Crippen MR) is 104 cm³/mol. The van der Waals surface area contributed by atoms with E-state index in [9.17, 15) is 9.90 Å². The Labute approximate surface area is 158 Å². The molecule has 1 N–H and O–H groups in total. The van der Waals surface area contributed by atoms with Crippen LogP contribution in [0.15, 0.2) is 54.1 Å². The molecule has 1 saturated heterocycles. The van der Waals surface area contributed by atoms with Crippen LogP contribution < -0.4 is 0 Å². The lowest BCUT2D eigenvalue weighted by atomic mass is 9.61. The Morgan fingerprint density at radius 3 is 2.81 bits per heavy atom. The molecule has 3 nitrogen and oxygen atoms in total. The van der Waals surface area contributed by atoms with E-state index in [0.29, 0.717) is 11.4 Å². The Morgan fingerprint density at radius 1 is 1.23 bits per heavy atom. The number of halogens is 1. The number of Topliss-reactive ketones (excluding diaryl/α,β-unsaturated/α-hetero) is 1. The van der Waals surface area contributed by atoms with E-state index >= 15 is 0 Å². The number of hydrogen-bond acceptors (Lipinski definition) is 3. The van der Waals surface area contributed by atoms with Crippen molar-refractivity contribution in [2.45, 2.75) is 30.7 Å². The van der Waals surface area contributed by atoms with Crippen LogP contribution in [0.4, 0.5) is 0 Å². The first-order valence-electron chi connectivity index (χ1n) is 8.97. The van der Waals surface area contributed by atoms with Crippen LogP contribution in [0.25, 0.3) is 6.08 Å². The Morgan fingerprint density at radius 2 is 2.04 bits per heavy atom. The molecule has 0 unspecified atom stereocenters. The lowest BCUT2D eigenvalue weighted by molar-refractivity contribution is -0.120. The largest absolute Gasteiger partial charge is 0.508 e. The summed E-state index contributed by atoms with van der Waals surface area (Å²) in [5.74, 6) is 0.455. The predicted octanol–water partition coefficient (Wildman–Crippen LogP) is 4.43. The van der Waals surface area contributed by atoms with Crippen LogP contribution in [0.2, 0.25) is 5.02 Å². The Kier molecular flexibility index (Phi) is 4.37. The van der Waals surface area contributed by atoms with Gasteiger partial charge in [0.15, 0.2) is 5.78 Å². The number of hydrogen-bond donors (Lipinski definition) is 1. The van der Waals surface area contributed by atoms with Gasteiger partial charge in [-0.05, 0) is 67.9 Å². The number of likely N-dealkylation sites (N-methyl/N-ethyl adjacent to an activating group) is 1. The lowest BCUT2D eigenvalue weighted by Gasteiger charge is -2.50. The number of carbonyl (C=O) groups excluding carboxylic acids is 1. The zero-order chi connectivity index (χ0) is 18.3. The number of benzene rings is 2. The number of fused-ring (bicyclic) bond motifs is 2. The van der Waals surface area contributed by atoms with Crippen LogP contribution in [-0.4, -0.2) is 35.4 Å². The minimum Gasteiger partial charge on any atom is -0.508 e. The molecule has 0 amide bonds. The summed E-state index contributed by atoms with van der Waals surface area (Å²) in [7, 11) is 2.08. The average molecular weight is 368 g/mol. The Balaban J connectivity index is 1.73. The highest BCUT2D eigenvalue weighted by molar-refractivity contribution is 6.30. The molecular weight excluding hydrogens is 346 g/mol. The van der Waals surface area contributed by atoms with Gasteiger partial charge in [-0.2, -0.15) is 0 Å². The summed E-state index contributed by atoms with van der Waals surface area (Å²) < 4.78 is 0. The second-order valence-corrected chi connectivity index (χ2v) is 7.97. The normalized spacial score (nSPS) is 27.7. The first-order valence-corrected chi connectivity index (χ1v) is 9.35. The van der Waals surface area contributed by atoms with Gasteiger partial charge in [0, 0.05) is 28.5 Å². The molecule has 134 valence electrons. The number of piperidine rings is 1. The SMILES string of the molecule is CN1CC[C@]2(c3cccc(O)c3)CC(=O)/C(=C/c3cccc(Cl)c3)[C@H]1C2. The highest BCUT2D eigenvalue weighted by Gasteiger charge is 2.48. The van der Waals surface area contributed by atoms with Gasteiger partial charge in [-0.25, -0.2) is 0 Å². The van der Waals surface area contributed by atoms with Crippen molar-refractivity contribution < 1.29 is 9.90 Å². The Bertz CT molecular complexity index is 891. The van der Waals surface area contributed by atoms with Crippen molar-refractivity contribution in [3.05, 3.63) is 70.3 Å². The van der Waals surface area contributed by atoms with E-state index in [1.807, 2.05) is 48.5 Å². The van der Waals surface area contributed by atoms with E-state index in [0.717, 1.165) is 36.1 Å². The third-order valence-electron chi connectivity index (χ3n) is 5.87. The number of aromatic hydroxyl groups is 1. The fourth-order valence-electron chi connectivity index (χ4n) is 4.43. The topological polar surface area (TPSA) is 40.5 Å². The van der Waals surface area contributed by atoms with E-state index in [4.69, 9.17) is 11.6 Å². The van der Waals surface area contributed by atoms with Crippen LogP contribution in [0.3, 0.4) is 0 Å². The van der Waals surface area contributed by atoms with E-state index in [1.54, 1.807) is 6.07 Å². The van der Waals surface area contributed by atoms with E-state index in [-0.39, 0.29) is 23.0 Å². The smallest absolute Gasteiger partial charge is 0.161 e. The maximum atomic E-state index is 13.1. The fraction of sp³-hybridized carbons (Fsp3) is 0.318. The quantitative estimate of drug-likeness (QED) is 0.798. The molecule has 2 aromatic carbocycles. The molecule has 1 heterocycles. The first-order chi connectivity index (χ1) is 12.5. The van der Waals surface area contributed by atoms with E-state index < -0.39 is 0 Å². The van der Waals surface area contributed by atoms with E-state index in [2.05, 4.69) is 11.9 Å². The molecule has 0 radical (unpaired) electrons. The van der Waals surface area contributed by atoms with Crippen LogP contribution in [0.1, 0.15) is 30.4 Å². The summed E-state index contributed by atoms with van der Waals surface area (Å²) in [6.07, 6.45) is 4.31. The minimum atomic E-state index is -0.182. The molecular formula is C22H22ClNO2. The van der Waals surface area contributed by atoms with E-state index in [1.165, 1.54) is 0 Å². The Hall–Kier alpha value is -2.10. The average Bonchev–Trinajstić information content (AvgIpc) is 2.61. The van der Waals surface area contributed by atoms with Crippen LogP contribution in [0.5, 0.6) is 5.75 Å². The fourth-order valence-corrected chi connectivity index (χ4v) is 4.63. The molecule has 2 aliphatic rings. The third-order valence-corrected chi connectivity index (χ3v) is 6.10. The molecule has 0 aromatic heterocycles. The van der Waals surface area contributed by atoms with Gasteiger partial charge in [-0.3, -0.25) is 9.69 Å². The molecule has 26 heavy (non-hydrogen) atoms. The van der Waals surface area contributed by atoms with Gasteiger partial charge in [-0.1, -0.05) is 35.9 Å². The number of phenols is 1. The van der Waals surface area contributed by atoms with Crippen molar-refractivity contribution in [2.24, 2.45) is 0 Å². The molecule has 2 atom stereocenters. The number of ketones is 1. The summed E-state index contributed by atoms with van der Waals surface area (Å²) in [5.41, 5.74) is 2.72. The zero-order valence-electron chi connectivity index (χ0n) is 14.8. The second-order valence-electron chi connectivity index (χ2n) is 7.54. The van der Waals surface area contributed by atoms with Crippen molar-refractivity contribution in [3.8, 4) is 5.75 Å². The van der Waals surface area contributed by atoms with Crippen LogP contribution in [0, 0.1) is 0 Å². The van der Waals surface area contributed by atoms with Crippen molar-refractivity contribution >= 4 is 23.5 Å². The van der Waals surface area contributed by atoms with Crippen molar-refractivity contribution in [2.75, 3.05) is 13.6 Å².